The summed E-state index contributed by atoms with van der Waals surface area (Å²) in [5.74, 6) is 0. The van der Waals surface area contributed by atoms with Gasteiger partial charge in [-0.15, -0.1) is 0 Å². The van der Waals surface area contributed by atoms with Crippen LogP contribution in [0.1, 0.15) is 19.8 Å². The van der Waals surface area contributed by atoms with Crippen molar-refractivity contribution in [2.24, 2.45) is 5.73 Å². The monoisotopic (exact) mass is 418 g/mol. The van der Waals surface area contributed by atoms with E-state index in [9.17, 15) is 9.59 Å². The van der Waals surface area contributed by atoms with Gasteiger partial charge < -0.3 is 15.6 Å². The lowest BCUT2D eigenvalue weighted by molar-refractivity contribution is 0.364. The maximum Gasteiger partial charge on any atom is 0.333 e. The second-order valence-electron chi connectivity index (χ2n) is 7.51. The Balaban J connectivity index is 1.80. The number of fused-ring (bicyclic) bond motifs is 1. The Labute approximate surface area is 171 Å². The van der Waals surface area contributed by atoms with E-state index in [4.69, 9.17) is 28.9 Å². The first-order chi connectivity index (χ1) is 13.3. The molecule has 0 amide bonds. The van der Waals surface area contributed by atoms with Gasteiger partial charge in [-0.2, -0.15) is 0 Å². The van der Waals surface area contributed by atoms with Gasteiger partial charge in [0, 0.05) is 24.3 Å². The molecule has 1 aromatic heterocycles. The molecule has 146 valence electrons. The highest BCUT2D eigenvalue weighted by Crippen LogP contribution is 2.28. The van der Waals surface area contributed by atoms with Crippen molar-refractivity contribution in [2.45, 2.75) is 25.3 Å². The van der Waals surface area contributed by atoms with Crippen molar-refractivity contribution >= 4 is 39.8 Å². The number of anilines is 1. The van der Waals surface area contributed by atoms with Crippen molar-refractivity contribution in [3.05, 3.63) is 67.3 Å². The Morgan fingerprint density at radius 1 is 1.11 bits per heavy atom. The second-order valence-corrected chi connectivity index (χ2v) is 8.30. The minimum Gasteiger partial charge on any atom is -0.371 e. The number of rotatable bonds is 2. The predicted octanol–water partition coefficient (Wildman–Crippen LogP) is 3.30. The van der Waals surface area contributed by atoms with Crippen LogP contribution in [0.15, 0.2) is 46.0 Å². The van der Waals surface area contributed by atoms with Gasteiger partial charge in [0.15, 0.2) is 0 Å². The minimum absolute atomic E-state index is 0.147. The Morgan fingerprint density at radius 3 is 2.54 bits per heavy atom. The number of benzene rings is 2. The van der Waals surface area contributed by atoms with Gasteiger partial charge in [0.1, 0.15) is 0 Å². The van der Waals surface area contributed by atoms with Crippen molar-refractivity contribution in [2.75, 3.05) is 18.0 Å². The summed E-state index contributed by atoms with van der Waals surface area (Å²) in [4.78, 5) is 30.7. The Hall–Kier alpha value is -2.28. The van der Waals surface area contributed by atoms with E-state index < -0.39 is 11.2 Å². The summed E-state index contributed by atoms with van der Waals surface area (Å²) in [7, 11) is 0. The van der Waals surface area contributed by atoms with E-state index in [1.54, 1.807) is 24.3 Å². The summed E-state index contributed by atoms with van der Waals surface area (Å²) in [6.45, 7) is 3.72. The average molecular weight is 419 g/mol. The van der Waals surface area contributed by atoms with Crippen LogP contribution in [0.2, 0.25) is 10.0 Å². The highest BCUT2D eigenvalue weighted by Gasteiger charge is 2.26. The van der Waals surface area contributed by atoms with Gasteiger partial charge in [-0.3, -0.25) is 4.79 Å². The highest BCUT2D eigenvalue weighted by molar-refractivity contribution is 6.43. The number of hydrogen-bond acceptors (Lipinski definition) is 4. The number of aromatic amines is 1. The lowest BCUT2D eigenvalue weighted by Gasteiger charge is -2.38. The first-order valence-electron chi connectivity index (χ1n) is 9.04. The highest BCUT2D eigenvalue weighted by atomic mass is 35.5. The third kappa shape index (κ3) is 3.32. The number of hydrogen-bond donors (Lipinski definition) is 2. The number of nitrogens with zero attached hydrogens (tertiary/aromatic N) is 2. The molecule has 1 aliphatic rings. The summed E-state index contributed by atoms with van der Waals surface area (Å²) >= 11 is 12.3. The molecule has 6 nitrogen and oxygen atoms in total. The van der Waals surface area contributed by atoms with Gasteiger partial charge in [-0.1, -0.05) is 29.3 Å². The molecule has 4 rings (SSSR count). The largest absolute Gasteiger partial charge is 0.371 e. The topological polar surface area (TPSA) is 84.1 Å². The minimum atomic E-state index is -0.563. The van der Waals surface area contributed by atoms with Gasteiger partial charge in [-0.05, 0) is 50.1 Å². The van der Waals surface area contributed by atoms with E-state index in [1.165, 1.54) is 0 Å². The number of aromatic nitrogens is 2. The van der Waals surface area contributed by atoms with Crippen molar-refractivity contribution in [1.82, 2.24) is 9.55 Å². The molecule has 3 N–H and O–H groups in total. The van der Waals surface area contributed by atoms with Crippen molar-refractivity contribution in [3.63, 3.8) is 0 Å². The lowest BCUT2D eigenvalue weighted by Crippen LogP contribution is -2.48. The van der Waals surface area contributed by atoms with E-state index in [0.29, 0.717) is 10.9 Å². The first-order valence-corrected chi connectivity index (χ1v) is 9.80. The molecular formula is C20H20Cl2N4O2. The molecule has 3 aromatic rings. The zero-order valence-electron chi connectivity index (χ0n) is 15.3. The smallest absolute Gasteiger partial charge is 0.333 e. The predicted molar refractivity (Wildman–Crippen MR) is 114 cm³/mol. The molecule has 1 aliphatic heterocycles. The zero-order valence-corrected chi connectivity index (χ0v) is 16.8. The summed E-state index contributed by atoms with van der Waals surface area (Å²) < 4.78 is 1.01. The Bertz CT molecular complexity index is 1170. The third-order valence-corrected chi connectivity index (χ3v) is 6.13. The number of nitrogens with two attached hydrogens (primary N) is 1. The fraction of sp³-hybridized carbons (Fsp3) is 0.300. The fourth-order valence-electron chi connectivity index (χ4n) is 3.56. The molecule has 0 atom stereocenters. The van der Waals surface area contributed by atoms with Gasteiger partial charge in [0.05, 0.1) is 26.6 Å². The van der Waals surface area contributed by atoms with Crippen molar-refractivity contribution in [3.8, 4) is 5.69 Å². The van der Waals surface area contributed by atoms with E-state index in [0.717, 1.165) is 36.2 Å². The summed E-state index contributed by atoms with van der Waals surface area (Å²) in [5.41, 5.74) is 6.75. The first kappa shape index (κ1) is 19.1. The normalized spacial score (nSPS) is 16.5. The number of H-pyrrole nitrogens is 1. The van der Waals surface area contributed by atoms with Crippen LogP contribution in [0.5, 0.6) is 0 Å². The maximum atomic E-state index is 13.0. The molecule has 8 heteroatoms. The number of nitrogens with one attached hydrogen (secondary N) is 1. The Morgan fingerprint density at radius 2 is 1.82 bits per heavy atom. The quantitative estimate of drug-likeness (QED) is 0.668. The molecule has 2 heterocycles. The maximum absolute atomic E-state index is 13.0. The second kappa shape index (κ2) is 6.95. The number of piperidine rings is 1. The van der Waals surface area contributed by atoms with Crippen molar-refractivity contribution < 1.29 is 0 Å². The van der Waals surface area contributed by atoms with E-state index in [2.05, 4.69) is 16.8 Å². The van der Waals surface area contributed by atoms with Crippen LogP contribution in [0.25, 0.3) is 16.6 Å². The van der Waals surface area contributed by atoms with Gasteiger partial charge >= 0.3 is 5.69 Å². The van der Waals surface area contributed by atoms with Gasteiger partial charge in [0.25, 0.3) is 5.56 Å². The van der Waals surface area contributed by atoms with Crippen LogP contribution in [0.4, 0.5) is 5.69 Å². The molecule has 0 aliphatic carbocycles. The summed E-state index contributed by atoms with van der Waals surface area (Å²) in [6.07, 6.45) is 1.77. The third-order valence-electron chi connectivity index (χ3n) is 5.32. The molecule has 1 saturated heterocycles. The molecular weight excluding hydrogens is 399 g/mol. The molecule has 2 aromatic carbocycles. The fourth-order valence-corrected chi connectivity index (χ4v) is 3.94. The molecule has 0 radical (unpaired) electrons. The van der Waals surface area contributed by atoms with E-state index in [-0.39, 0.29) is 21.3 Å². The average Bonchev–Trinajstić information content (AvgIpc) is 2.64. The van der Waals surface area contributed by atoms with E-state index >= 15 is 0 Å². The molecule has 0 spiro atoms. The summed E-state index contributed by atoms with van der Waals surface area (Å²) in [6, 6.07) is 10.3. The standard InChI is InChI=1S/C20H20Cl2N4O2/c1-20(23)7-9-25(10-8-20)12-5-6-13-15(11-12)24-19(28)26(18(13)27)16-4-2-3-14(21)17(16)22/h2-6,11H,7-10,23H2,1H3,(H,24,28). The van der Waals surface area contributed by atoms with Gasteiger partial charge in [-0.25, -0.2) is 9.36 Å². The van der Waals surface area contributed by atoms with Crippen LogP contribution in [0.3, 0.4) is 0 Å². The van der Waals surface area contributed by atoms with Crippen LogP contribution in [-0.2, 0) is 0 Å². The summed E-state index contributed by atoms with van der Waals surface area (Å²) in [5, 5.41) is 0.837. The van der Waals surface area contributed by atoms with Crippen molar-refractivity contribution in [1.29, 1.82) is 0 Å². The SMILES string of the molecule is CC1(N)CCN(c2ccc3c(=O)n(-c4cccc(Cl)c4Cl)c(=O)[nH]c3c2)CC1. The molecule has 0 bridgehead atoms. The number of halogens is 2. The van der Waals surface area contributed by atoms with Crippen LogP contribution < -0.4 is 21.9 Å². The van der Waals surface area contributed by atoms with Crippen LogP contribution in [-0.4, -0.2) is 28.2 Å². The van der Waals surface area contributed by atoms with E-state index in [1.807, 2.05) is 12.1 Å². The molecule has 28 heavy (non-hydrogen) atoms. The molecule has 0 unspecified atom stereocenters. The Kier molecular flexibility index (Phi) is 4.73. The molecule has 1 fully saturated rings. The lowest BCUT2D eigenvalue weighted by atomic mass is 9.91. The van der Waals surface area contributed by atoms with Gasteiger partial charge in [0.2, 0.25) is 0 Å². The van der Waals surface area contributed by atoms with Crippen LogP contribution in [0, 0.1) is 0 Å². The molecule has 0 saturated carbocycles. The van der Waals surface area contributed by atoms with Crippen LogP contribution >= 0.6 is 23.2 Å². The zero-order chi connectivity index (χ0) is 20.1.